The summed E-state index contributed by atoms with van der Waals surface area (Å²) >= 11 is 0. The van der Waals surface area contributed by atoms with Gasteiger partial charge in [0.1, 0.15) is 5.82 Å². The van der Waals surface area contributed by atoms with E-state index in [-0.39, 0.29) is 29.8 Å². The Hall–Kier alpha value is -1.29. The minimum absolute atomic E-state index is 0. The number of nitrogens with one attached hydrogen (secondary N) is 2. The zero-order valence-corrected chi connectivity index (χ0v) is 11.9. The predicted octanol–water partition coefficient (Wildman–Crippen LogP) is 1.74. The maximum atomic E-state index is 12.9. The van der Waals surface area contributed by atoms with E-state index in [0.29, 0.717) is 19.0 Å². The molecule has 0 fully saturated rings. The summed E-state index contributed by atoms with van der Waals surface area (Å²) in [6.45, 7) is 0.908. The van der Waals surface area contributed by atoms with Crippen LogP contribution in [-0.2, 0) is 6.54 Å². The van der Waals surface area contributed by atoms with Crippen LogP contribution in [0.25, 0.3) is 0 Å². The van der Waals surface area contributed by atoms with Crippen LogP contribution in [0.2, 0.25) is 0 Å². The third-order valence-corrected chi connectivity index (χ3v) is 1.93. The molecule has 92 valence electrons. The highest BCUT2D eigenvalue weighted by atomic mass is 127. The molecule has 0 unspecified atom stereocenters. The normalized spacial score (nSPS) is 10.1. The lowest BCUT2D eigenvalue weighted by atomic mass is 10.2. The van der Waals surface area contributed by atoms with Gasteiger partial charge in [0.15, 0.2) is 5.96 Å². The van der Waals surface area contributed by atoms with Crippen LogP contribution in [0, 0.1) is 18.2 Å². The molecular weight excluding hydrogens is 332 g/mol. The summed E-state index contributed by atoms with van der Waals surface area (Å²) in [5, 5.41) is 5.94. The number of guanidine groups is 1. The number of rotatable bonds is 3. The second-order valence-electron chi connectivity index (χ2n) is 3.11. The molecule has 0 aromatic heterocycles. The number of benzene rings is 1. The summed E-state index contributed by atoms with van der Waals surface area (Å²) in [5.41, 5.74) is 0.851. The molecule has 3 nitrogen and oxygen atoms in total. The second-order valence-corrected chi connectivity index (χ2v) is 3.11. The molecule has 17 heavy (non-hydrogen) atoms. The van der Waals surface area contributed by atoms with Gasteiger partial charge >= 0.3 is 0 Å². The lowest BCUT2D eigenvalue weighted by molar-refractivity contribution is 0.624. The van der Waals surface area contributed by atoms with E-state index in [4.69, 9.17) is 6.42 Å². The molecule has 0 bridgehead atoms. The van der Waals surface area contributed by atoms with Gasteiger partial charge in [0, 0.05) is 13.6 Å². The molecular formula is C12H15FIN3. The molecule has 0 amide bonds. The van der Waals surface area contributed by atoms with Crippen LogP contribution in [0.1, 0.15) is 5.56 Å². The van der Waals surface area contributed by atoms with E-state index in [1.54, 1.807) is 13.1 Å². The number of terminal acetylenes is 1. The molecule has 0 aliphatic carbocycles. The first-order chi connectivity index (χ1) is 7.76. The zero-order valence-electron chi connectivity index (χ0n) is 9.53. The first kappa shape index (κ1) is 15.7. The van der Waals surface area contributed by atoms with Crippen LogP contribution >= 0.6 is 24.0 Å². The van der Waals surface area contributed by atoms with Crippen LogP contribution in [0.4, 0.5) is 4.39 Å². The fraction of sp³-hybridized carbons (Fsp3) is 0.250. The number of hydrogen-bond donors (Lipinski definition) is 2. The zero-order chi connectivity index (χ0) is 11.8. The fourth-order valence-corrected chi connectivity index (χ4v) is 1.19. The smallest absolute Gasteiger partial charge is 0.192 e. The van der Waals surface area contributed by atoms with Crippen molar-refractivity contribution in [2.24, 2.45) is 4.99 Å². The molecule has 0 aliphatic heterocycles. The lowest BCUT2D eigenvalue weighted by Crippen LogP contribution is -2.36. The Morgan fingerprint density at radius 1 is 1.47 bits per heavy atom. The average Bonchev–Trinajstić information content (AvgIpc) is 2.29. The van der Waals surface area contributed by atoms with Gasteiger partial charge in [-0.2, -0.15) is 0 Å². The summed E-state index contributed by atoms with van der Waals surface area (Å²) in [7, 11) is 1.65. The van der Waals surface area contributed by atoms with Crippen molar-refractivity contribution in [3.8, 4) is 12.3 Å². The molecule has 0 saturated carbocycles. The maximum absolute atomic E-state index is 12.9. The Morgan fingerprint density at radius 3 is 2.82 bits per heavy atom. The standard InChI is InChI=1S/C12H14FN3.HI/c1-3-7-15-12(14-2)16-9-10-5-4-6-11(13)8-10;/h1,4-6,8H,7,9H2,2H3,(H2,14,15,16);1H. The van der Waals surface area contributed by atoms with Crippen molar-refractivity contribution in [1.29, 1.82) is 0 Å². The van der Waals surface area contributed by atoms with E-state index in [2.05, 4.69) is 21.5 Å². The second kappa shape index (κ2) is 8.82. The van der Waals surface area contributed by atoms with E-state index in [1.807, 2.05) is 6.07 Å². The van der Waals surface area contributed by atoms with Gasteiger partial charge in [-0.15, -0.1) is 30.4 Å². The minimum Gasteiger partial charge on any atom is -0.352 e. The van der Waals surface area contributed by atoms with E-state index < -0.39 is 0 Å². The van der Waals surface area contributed by atoms with Gasteiger partial charge in [-0.25, -0.2) is 4.39 Å². The van der Waals surface area contributed by atoms with E-state index in [0.717, 1.165) is 5.56 Å². The van der Waals surface area contributed by atoms with Crippen LogP contribution in [-0.4, -0.2) is 19.6 Å². The molecule has 0 radical (unpaired) electrons. The third kappa shape index (κ3) is 6.12. The average molecular weight is 347 g/mol. The number of nitrogens with zero attached hydrogens (tertiary/aromatic N) is 1. The highest BCUT2D eigenvalue weighted by Crippen LogP contribution is 2.02. The predicted molar refractivity (Wildman–Crippen MR) is 78.8 cm³/mol. The fourth-order valence-electron chi connectivity index (χ4n) is 1.19. The van der Waals surface area contributed by atoms with Crippen molar-refractivity contribution in [2.45, 2.75) is 6.54 Å². The van der Waals surface area contributed by atoms with Crippen molar-refractivity contribution in [3.63, 3.8) is 0 Å². The maximum Gasteiger partial charge on any atom is 0.192 e. The molecule has 5 heteroatoms. The van der Waals surface area contributed by atoms with Crippen molar-refractivity contribution in [3.05, 3.63) is 35.6 Å². The number of halogens is 2. The summed E-state index contributed by atoms with van der Waals surface area (Å²) in [6, 6.07) is 6.39. The Kier molecular flexibility index (Phi) is 8.15. The number of hydrogen-bond acceptors (Lipinski definition) is 1. The topological polar surface area (TPSA) is 36.4 Å². The molecule has 1 aromatic rings. The van der Waals surface area contributed by atoms with Gasteiger partial charge in [0.2, 0.25) is 0 Å². The molecule has 0 saturated heterocycles. The van der Waals surface area contributed by atoms with Crippen molar-refractivity contribution in [1.82, 2.24) is 10.6 Å². The van der Waals surface area contributed by atoms with Crippen LogP contribution in [0.15, 0.2) is 29.3 Å². The summed E-state index contributed by atoms with van der Waals surface area (Å²) in [4.78, 5) is 3.97. The van der Waals surface area contributed by atoms with E-state index in [9.17, 15) is 4.39 Å². The van der Waals surface area contributed by atoms with E-state index in [1.165, 1.54) is 12.1 Å². The summed E-state index contributed by atoms with van der Waals surface area (Å²) in [6.07, 6.45) is 5.11. The monoisotopic (exact) mass is 347 g/mol. The lowest BCUT2D eigenvalue weighted by Gasteiger charge is -2.09. The Bertz CT molecular complexity index is 412. The van der Waals surface area contributed by atoms with E-state index >= 15 is 0 Å². The molecule has 1 rings (SSSR count). The number of aliphatic imine (C=N–C) groups is 1. The highest BCUT2D eigenvalue weighted by Gasteiger charge is 1.97. The molecule has 0 heterocycles. The van der Waals surface area contributed by atoms with Gasteiger partial charge in [0.25, 0.3) is 0 Å². The summed E-state index contributed by atoms with van der Waals surface area (Å²) in [5.74, 6) is 2.80. The van der Waals surface area contributed by atoms with Gasteiger partial charge in [-0.3, -0.25) is 4.99 Å². The molecule has 2 N–H and O–H groups in total. The largest absolute Gasteiger partial charge is 0.352 e. The third-order valence-electron chi connectivity index (χ3n) is 1.93. The quantitative estimate of drug-likeness (QED) is 0.378. The first-order valence-corrected chi connectivity index (χ1v) is 4.88. The molecule has 0 spiro atoms. The SMILES string of the molecule is C#CCNC(=NC)NCc1cccc(F)c1.I. The first-order valence-electron chi connectivity index (χ1n) is 4.88. The van der Waals surface area contributed by atoms with Crippen LogP contribution < -0.4 is 10.6 Å². The van der Waals surface area contributed by atoms with Crippen LogP contribution in [0.3, 0.4) is 0 Å². The van der Waals surface area contributed by atoms with Gasteiger partial charge in [0.05, 0.1) is 6.54 Å². The van der Waals surface area contributed by atoms with Gasteiger partial charge in [-0.1, -0.05) is 18.1 Å². The highest BCUT2D eigenvalue weighted by molar-refractivity contribution is 14.0. The minimum atomic E-state index is -0.245. The van der Waals surface area contributed by atoms with Gasteiger partial charge in [-0.05, 0) is 17.7 Å². The van der Waals surface area contributed by atoms with Gasteiger partial charge < -0.3 is 10.6 Å². The summed E-state index contributed by atoms with van der Waals surface area (Å²) < 4.78 is 12.9. The molecule has 1 aromatic carbocycles. The van der Waals surface area contributed by atoms with Crippen molar-refractivity contribution < 1.29 is 4.39 Å². The molecule has 0 atom stereocenters. The van der Waals surface area contributed by atoms with Crippen molar-refractivity contribution >= 4 is 29.9 Å². The Morgan fingerprint density at radius 2 is 2.24 bits per heavy atom. The Balaban J connectivity index is 0.00000256. The molecule has 0 aliphatic rings. The van der Waals surface area contributed by atoms with Crippen molar-refractivity contribution in [2.75, 3.05) is 13.6 Å². The van der Waals surface area contributed by atoms with Crippen LogP contribution in [0.5, 0.6) is 0 Å². The Labute approximate surface area is 118 Å².